The lowest BCUT2D eigenvalue weighted by atomic mass is 10.0. The molecule has 0 saturated carbocycles. The van der Waals surface area contributed by atoms with E-state index in [0.717, 1.165) is 11.0 Å². The average Bonchev–Trinajstić information content (AvgIpc) is 3.11. The molecule has 29 heavy (non-hydrogen) atoms. The zero-order valence-electron chi connectivity index (χ0n) is 16.1. The average molecular weight is 410 g/mol. The highest BCUT2D eigenvalue weighted by Gasteiger charge is 2.24. The molecule has 0 fully saturated rings. The Hall–Kier alpha value is -3.25. The van der Waals surface area contributed by atoms with E-state index in [1.165, 1.54) is 17.2 Å². The van der Waals surface area contributed by atoms with Crippen molar-refractivity contribution in [3.8, 4) is 11.1 Å². The smallest absolute Gasteiger partial charge is 0.333 e. The Balaban J connectivity index is 1.87. The SMILES string of the molecule is Cn1c(=O)c2c(-c3ccccc3Cl)c(NCCc3ccccc3)oc2n(C)c1=O. The number of hydrogen-bond acceptors (Lipinski definition) is 4. The predicted molar refractivity (Wildman–Crippen MR) is 116 cm³/mol. The van der Waals surface area contributed by atoms with Gasteiger partial charge in [0.2, 0.25) is 11.6 Å². The molecule has 7 heteroatoms. The van der Waals surface area contributed by atoms with E-state index >= 15 is 0 Å². The Labute approximate surface area is 172 Å². The number of fused-ring (bicyclic) bond motifs is 1. The van der Waals surface area contributed by atoms with Crippen molar-refractivity contribution >= 4 is 28.6 Å². The maximum Gasteiger partial charge on any atom is 0.333 e. The van der Waals surface area contributed by atoms with Gasteiger partial charge in [-0.1, -0.05) is 60.1 Å². The fourth-order valence-electron chi connectivity index (χ4n) is 3.43. The van der Waals surface area contributed by atoms with E-state index in [0.29, 0.717) is 34.0 Å². The maximum atomic E-state index is 12.9. The molecule has 0 aliphatic carbocycles. The van der Waals surface area contributed by atoms with Gasteiger partial charge in [-0.3, -0.25) is 13.9 Å². The van der Waals surface area contributed by atoms with Gasteiger partial charge < -0.3 is 9.73 Å². The van der Waals surface area contributed by atoms with E-state index in [-0.39, 0.29) is 5.71 Å². The van der Waals surface area contributed by atoms with Crippen LogP contribution in [0.5, 0.6) is 0 Å². The Bertz CT molecular complexity index is 1300. The third-order valence-corrected chi connectivity index (χ3v) is 5.30. The fourth-order valence-corrected chi connectivity index (χ4v) is 3.66. The van der Waals surface area contributed by atoms with Crippen LogP contribution in [0.3, 0.4) is 0 Å². The molecule has 148 valence electrons. The van der Waals surface area contributed by atoms with Crippen LogP contribution in [0.25, 0.3) is 22.2 Å². The van der Waals surface area contributed by atoms with Crippen molar-refractivity contribution in [2.24, 2.45) is 14.1 Å². The minimum atomic E-state index is -0.446. The molecule has 6 nitrogen and oxygen atoms in total. The molecule has 0 aliphatic heterocycles. The summed E-state index contributed by atoms with van der Waals surface area (Å²) in [7, 11) is 3.04. The van der Waals surface area contributed by atoms with Crippen molar-refractivity contribution in [2.75, 3.05) is 11.9 Å². The first-order chi connectivity index (χ1) is 14.0. The molecule has 2 aromatic heterocycles. The van der Waals surface area contributed by atoms with Crippen LogP contribution in [0.1, 0.15) is 5.56 Å². The number of benzene rings is 2. The highest BCUT2D eigenvalue weighted by molar-refractivity contribution is 6.34. The van der Waals surface area contributed by atoms with Crippen molar-refractivity contribution in [2.45, 2.75) is 6.42 Å². The van der Waals surface area contributed by atoms with Crippen LogP contribution in [-0.4, -0.2) is 15.7 Å². The van der Waals surface area contributed by atoms with Gasteiger partial charge >= 0.3 is 5.69 Å². The van der Waals surface area contributed by atoms with Gasteiger partial charge in [0.15, 0.2) is 0 Å². The summed E-state index contributed by atoms with van der Waals surface area (Å²) in [5.74, 6) is 0.419. The van der Waals surface area contributed by atoms with Gasteiger partial charge in [-0.05, 0) is 18.1 Å². The van der Waals surface area contributed by atoms with E-state index in [1.54, 1.807) is 13.1 Å². The summed E-state index contributed by atoms with van der Waals surface area (Å²) in [5, 5.41) is 4.10. The van der Waals surface area contributed by atoms with Crippen molar-refractivity contribution in [3.63, 3.8) is 0 Å². The van der Waals surface area contributed by atoms with Gasteiger partial charge in [-0.2, -0.15) is 0 Å². The summed E-state index contributed by atoms with van der Waals surface area (Å²) in [4.78, 5) is 25.3. The van der Waals surface area contributed by atoms with Crippen LogP contribution in [0.2, 0.25) is 5.02 Å². The maximum absolute atomic E-state index is 12.9. The van der Waals surface area contributed by atoms with Crippen LogP contribution in [0.15, 0.2) is 68.6 Å². The number of hydrogen-bond donors (Lipinski definition) is 1. The molecule has 0 radical (unpaired) electrons. The fraction of sp³-hybridized carbons (Fsp3) is 0.182. The van der Waals surface area contributed by atoms with E-state index in [2.05, 4.69) is 17.4 Å². The van der Waals surface area contributed by atoms with Crippen LogP contribution >= 0.6 is 11.6 Å². The number of anilines is 1. The standard InChI is InChI=1S/C22H20ClN3O3/c1-25-20(27)18-17(15-10-6-7-11-16(15)23)19(29-21(18)26(2)22(25)28)24-13-12-14-8-4-3-5-9-14/h3-11,24H,12-13H2,1-2H3. The van der Waals surface area contributed by atoms with Gasteiger partial charge in [0.05, 0.1) is 5.56 Å². The molecule has 2 aromatic carbocycles. The first kappa shape index (κ1) is 19.1. The largest absolute Gasteiger partial charge is 0.423 e. The molecule has 0 atom stereocenters. The summed E-state index contributed by atoms with van der Waals surface area (Å²) < 4.78 is 8.38. The van der Waals surface area contributed by atoms with Crippen molar-refractivity contribution in [1.29, 1.82) is 0 Å². The second-order valence-electron chi connectivity index (χ2n) is 6.83. The van der Waals surface area contributed by atoms with Gasteiger partial charge in [0.25, 0.3) is 5.56 Å². The number of nitrogens with one attached hydrogen (secondary N) is 1. The number of rotatable bonds is 5. The van der Waals surface area contributed by atoms with E-state index in [1.807, 2.05) is 36.4 Å². The van der Waals surface area contributed by atoms with Crippen LogP contribution in [0, 0.1) is 0 Å². The van der Waals surface area contributed by atoms with E-state index in [9.17, 15) is 9.59 Å². The Kier molecular flexibility index (Phi) is 5.03. The van der Waals surface area contributed by atoms with Crippen molar-refractivity contribution < 1.29 is 4.42 Å². The third-order valence-electron chi connectivity index (χ3n) is 4.97. The van der Waals surface area contributed by atoms with Crippen LogP contribution in [0.4, 0.5) is 5.88 Å². The highest BCUT2D eigenvalue weighted by Crippen LogP contribution is 2.39. The lowest BCUT2D eigenvalue weighted by Gasteiger charge is -2.08. The molecule has 0 amide bonds. The molecule has 0 saturated heterocycles. The van der Waals surface area contributed by atoms with Crippen LogP contribution < -0.4 is 16.6 Å². The second-order valence-corrected chi connectivity index (χ2v) is 7.24. The zero-order chi connectivity index (χ0) is 20.5. The second kappa shape index (κ2) is 7.64. The first-order valence-electron chi connectivity index (χ1n) is 9.24. The molecular weight excluding hydrogens is 390 g/mol. The van der Waals surface area contributed by atoms with E-state index < -0.39 is 11.2 Å². The van der Waals surface area contributed by atoms with E-state index in [4.69, 9.17) is 16.0 Å². The van der Waals surface area contributed by atoms with Crippen molar-refractivity contribution in [3.05, 3.63) is 86.0 Å². The number of furan rings is 1. The molecular formula is C22H20ClN3O3. The summed E-state index contributed by atoms with van der Waals surface area (Å²) in [5.41, 5.74) is 1.77. The van der Waals surface area contributed by atoms with Gasteiger partial charge in [-0.15, -0.1) is 0 Å². The quantitative estimate of drug-likeness (QED) is 0.544. The summed E-state index contributed by atoms with van der Waals surface area (Å²) >= 11 is 6.43. The monoisotopic (exact) mass is 409 g/mol. The predicted octanol–water partition coefficient (Wildman–Crippen LogP) is 3.81. The topological polar surface area (TPSA) is 69.2 Å². The minimum Gasteiger partial charge on any atom is -0.423 e. The normalized spacial score (nSPS) is 11.1. The summed E-state index contributed by atoms with van der Waals surface area (Å²) in [6.07, 6.45) is 0.775. The number of nitrogens with zero attached hydrogens (tertiary/aromatic N) is 2. The van der Waals surface area contributed by atoms with Gasteiger partial charge in [0, 0.05) is 31.2 Å². The molecule has 2 heterocycles. The first-order valence-corrected chi connectivity index (χ1v) is 9.62. The molecule has 0 unspecified atom stereocenters. The minimum absolute atomic E-state index is 0.218. The molecule has 4 rings (SSSR count). The summed E-state index contributed by atoms with van der Waals surface area (Å²) in [6, 6.07) is 17.3. The number of halogens is 1. The lowest BCUT2D eigenvalue weighted by molar-refractivity contribution is 0.573. The molecule has 0 spiro atoms. The van der Waals surface area contributed by atoms with Crippen molar-refractivity contribution in [1.82, 2.24) is 9.13 Å². The zero-order valence-corrected chi connectivity index (χ0v) is 16.9. The Morgan fingerprint density at radius 2 is 1.66 bits per heavy atom. The van der Waals surface area contributed by atoms with Gasteiger partial charge in [-0.25, -0.2) is 4.79 Å². The van der Waals surface area contributed by atoms with Gasteiger partial charge in [0.1, 0.15) is 5.39 Å². The molecule has 4 aromatic rings. The third kappa shape index (κ3) is 3.36. The Morgan fingerprint density at radius 1 is 0.966 bits per heavy atom. The Morgan fingerprint density at radius 3 is 2.38 bits per heavy atom. The lowest BCUT2D eigenvalue weighted by Crippen LogP contribution is -2.36. The number of aryl methyl sites for hydroxylation is 1. The number of aromatic nitrogens is 2. The molecule has 1 N–H and O–H groups in total. The molecule has 0 bridgehead atoms. The highest BCUT2D eigenvalue weighted by atomic mass is 35.5. The molecule has 0 aliphatic rings. The van der Waals surface area contributed by atoms with Crippen LogP contribution in [-0.2, 0) is 20.5 Å². The summed E-state index contributed by atoms with van der Waals surface area (Å²) in [6.45, 7) is 0.593.